The number of aliphatic carboxylic acids is 1. The highest BCUT2D eigenvalue weighted by molar-refractivity contribution is 6.06. The molecule has 1 aliphatic rings. The van der Waals surface area contributed by atoms with E-state index in [-0.39, 0.29) is 25.5 Å². The summed E-state index contributed by atoms with van der Waals surface area (Å²) in [4.78, 5) is 37.7. The molecular formula is C15H19N3O4. The molecule has 0 unspecified atom stereocenters. The van der Waals surface area contributed by atoms with Crippen LogP contribution >= 0.6 is 0 Å². The van der Waals surface area contributed by atoms with Crippen molar-refractivity contribution in [2.24, 2.45) is 0 Å². The number of carbonyl (C=O) groups excluding carboxylic acids is 2. The molecule has 0 spiro atoms. The molecule has 1 fully saturated rings. The molecule has 0 saturated carbocycles. The monoisotopic (exact) mass is 305 g/mol. The summed E-state index contributed by atoms with van der Waals surface area (Å²) in [7, 11) is 0. The first-order valence-corrected chi connectivity index (χ1v) is 6.97. The number of anilines is 1. The second kappa shape index (κ2) is 6.05. The molecule has 7 heteroatoms. The van der Waals surface area contributed by atoms with Crippen molar-refractivity contribution in [2.45, 2.75) is 19.4 Å². The van der Waals surface area contributed by atoms with Crippen LogP contribution in [0.5, 0.6) is 0 Å². The number of hydrogen-bond acceptors (Lipinski definition) is 4. The molecule has 3 amide bonds. The summed E-state index contributed by atoms with van der Waals surface area (Å²) < 4.78 is 0. The van der Waals surface area contributed by atoms with Gasteiger partial charge in [0.2, 0.25) is 0 Å². The first-order chi connectivity index (χ1) is 10.3. The van der Waals surface area contributed by atoms with Gasteiger partial charge in [-0.25, -0.2) is 4.79 Å². The van der Waals surface area contributed by atoms with E-state index in [1.807, 2.05) is 6.07 Å². The maximum Gasteiger partial charge on any atom is 0.325 e. The van der Waals surface area contributed by atoms with Gasteiger partial charge in [-0.05, 0) is 26.0 Å². The van der Waals surface area contributed by atoms with E-state index in [9.17, 15) is 14.4 Å². The highest BCUT2D eigenvalue weighted by Crippen LogP contribution is 2.18. The van der Waals surface area contributed by atoms with Crippen molar-refractivity contribution in [3.05, 3.63) is 30.3 Å². The zero-order valence-electron chi connectivity index (χ0n) is 12.6. The first-order valence-electron chi connectivity index (χ1n) is 6.97. The zero-order valence-corrected chi connectivity index (χ0v) is 12.6. The molecule has 0 aliphatic carbocycles. The molecule has 1 aliphatic heterocycles. The molecule has 1 saturated heterocycles. The molecule has 0 bridgehead atoms. The summed E-state index contributed by atoms with van der Waals surface area (Å²) in [6, 6.07) is 8.58. The van der Waals surface area contributed by atoms with Crippen LogP contribution in [0.1, 0.15) is 13.8 Å². The van der Waals surface area contributed by atoms with E-state index in [0.717, 1.165) is 10.6 Å². The molecular weight excluding hydrogens is 286 g/mol. The quantitative estimate of drug-likeness (QED) is 0.762. The maximum atomic E-state index is 12.1. The molecule has 1 heterocycles. The standard InChI is InChI=1S/C15H19N3O4/c1-15(2)13(21)18(14(22)16-15)9-8-17(10-12(19)20)11-6-4-3-5-7-11/h3-7H,8-10H2,1-2H3,(H,16,22)(H,19,20). The number of imide groups is 1. The third kappa shape index (κ3) is 3.36. The van der Waals surface area contributed by atoms with Gasteiger partial charge in [-0.1, -0.05) is 18.2 Å². The molecule has 22 heavy (non-hydrogen) atoms. The molecule has 1 aromatic rings. The lowest BCUT2D eigenvalue weighted by atomic mass is 10.1. The molecule has 7 nitrogen and oxygen atoms in total. The summed E-state index contributed by atoms with van der Waals surface area (Å²) in [5.74, 6) is -1.28. The van der Waals surface area contributed by atoms with Gasteiger partial charge >= 0.3 is 12.0 Å². The Bertz CT molecular complexity index is 586. The Labute approximate surface area is 128 Å². The lowest BCUT2D eigenvalue weighted by Crippen LogP contribution is -2.42. The predicted molar refractivity (Wildman–Crippen MR) is 80.6 cm³/mol. The number of para-hydroxylation sites is 1. The third-order valence-corrected chi connectivity index (χ3v) is 3.49. The fourth-order valence-electron chi connectivity index (χ4n) is 2.34. The minimum atomic E-state index is -0.971. The lowest BCUT2D eigenvalue weighted by molar-refractivity contribution is -0.135. The van der Waals surface area contributed by atoms with Crippen LogP contribution in [0.4, 0.5) is 10.5 Å². The first kappa shape index (κ1) is 15.8. The average molecular weight is 305 g/mol. The van der Waals surface area contributed by atoms with E-state index in [2.05, 4.69) is 5.32 Å². The fraction of sp³-hybridized carbons (Fsp3) is 0.400. The van der Waals surface area contributed by atoms with Gasteiger partial charge in [-0.2, -0.15) is 0 Å². The highest BCUT2D eigenvalue weighted by atomic mass is 16.4. The van der Waals surface area contributed by atoms with Crippen LogP contribution < -0.4 is 10.2 Å². The van der Waals surface area contributed by atoms with Crippen LogP contribution in [0.3, 0.4) is 0 Å². The van der Waals surface area contributed by atoms with Crippen molar-refractivity contribution in [1.29, 1.82) is 0 Å². The number of benzene rings is 1. The van der Waals surface area contributed by atoms with Gasteiger partial charge in [0.1, 0.15) is 12.1 Å². The minimum absolute atomic E-state index is 0.135. The highest BCUT2D eigenvalue weighted by Gasteiger charge is 2.44. The van der Waals surface area contributed by atoms with Crippen LogP contribution in [-0.2, 0) is 9.59 Å². The number of carboxylic acids is 1. The molecule has 0 radical (unpaired) electrons. The fourth-order valence-corrected chi connectivity index (χ4v) is 2.34. The van der Waals surface area contributed by atoms with Gasteiger partial charge in [-0.15, -0.1) is 0 Å². The normalized spacial score (nSPS) is 16.5. The van der Waals surface area contributed by atoms with E-state index in [4.69, 9.17) is 5.11 Å². The summed E-state index contributed by atoms with van der Waals surface area (Å²) >= 11 is 0. The number of rotatable bonds is 6. The Balaban J connectivity index is 2.08. The lowest BCUT2D eigenvalue weighted by Gasteiger charge is -2.25. The molecule has 1 aromatic carbocycles. The Morgan fingerprint density at radius 2 is 1.91 bits per heavy atom. The molecule has 0 aromatic heterocycles. The number of amides is 3. The number of carboxylic acid groups (broad SMARTS) is 1. The molecule has 0 atom stereocenters. The second-order valence-electron chi connectivity index (χ2n) is 5.66. The van der Waals surface area contributed by atoms with Crippen LogP contribution in [0.25, 0.3) is 0 Å². The number of carbonyl (C=O) groups is 3. The molecule has 118 valence electrons. The number of urea groups is 1. The largest absolute Gasteiger partial charge is 0.480 e. The summed E-state index contributed by atoms with van der Waals surface area (Å²) in [5.41, 5.74) is -0.183. The van der Waals surface area contributed by atoms with E-state index in [1.54, 1.807) is 43.0 Å². The Hall–Kier alpha value is -2.57. The maximum absolute atomic E-state index is 12.1. The van der Waals surface area contributed by atoms with Crippen LogP contribution in [-0.4, -0.2) is 53.1 Å². The van der Waals surface area contributed by atoms with Crippen molar-refractivity contribution < 1.29 is 19.5 Å². The predicted octanol–water partition coefficient (Wildman–Crippen LogP) is 0.908. The van der Waals surface area contributed by atoms with Crippen molar-refractivity contribution in [3.8, 4) is 0 Å². The average Bonchev–Trinajstić information content (AvgIpc) is 2.64. The number of nitrogens with zero attached hydrogens (tertiary/aromatic N) is 2. The van der Waals surface area contributed by atoms with Crippen molar-refractivity contribution >= 4 is 23.6 Å². The Morgan fingerprint density at radius 1 is 1.27 bits per heavy atom. The van der Waals surface area contributed by atoms with Gasteiger partial charge in [0.15, 0.2) is 0 Å². The van der Waals surface area contributed by atoms with Gasteiger partial charge in [0.05, 0.1) is 0 Å². The van der Waals surface area contributed by atoms with Crippen LogP contribution in [0, 0.1) is 0 Å². The minimum Gasteiger partial charge on any atom is -0.480 e. The van der Waals surface area contributed by atoms with Crippen molar-refractivity contribution in [2.75, 3.05) is 24.5 Å². The molecule has 2 rings (SSSR count). The summed E-state index contributed by atoms with van der Waals surface area (Å²) in [5, 5.41) is 11.6. The van der Waals surface area contributed by atoms with Gasteiger partial charge in [0.25, 0.3) is 5.91 Å². The second-order valence-corrected chi connectivity index (χ2v) is 5.66. The SMILES string of the molecule is CC1(C)NC(=O)N(CCN(CC(=O)O)c2ccccc2)C1=O. The number of nitrogens with one attached hydrogen (secondary N) is 1. The van der Waals surface area contributed by atoms with Crippen molar-refractivity contribution in [3.63, 3.8) is 0 Å². The van der Waals surface area contributed by atoms with Crippen LogP contribution in [0.15, 0.2) is 30.3 Å². The van der Waals surface area contributed by atoms with E-state index < -0.39 is 17.5 Å². The molecule has 2 N–H and O–H groups in total. The van der Waals surface area contributed by atoms with Crippen molar-refractivity contribution in [1.82, 2.24) is 10.2 Å². The Morgan fingerprint density at radius 3 is 2.41 bits per heavy atom. The third-order valence-electron chi connectivity index (χ3n) is 3.49. The van der Waals surface area contributed by atoms with E-state index >= 15 is 0 Å². The smallest absolute Gasteiger partial charge is 0.325 e. The topological polar surface area (TPSA) is 90.0 Å². The van der Waals surface area contributed by atoms with Crippen LogP contribution in [0.2, 0.25) is 0 Å². The summed E-state index contributed by atoms with van der Waals surface area (Å²) in [6.07, 6.45) is 0. The van der Waals surface area contributed by atoms with E-state index in [1.165, 1.54) is 0 Å². The van der Waals surface area contributed by atoms with E-state index in [0.29, 0.717) is 0 Å². The van der Waals surface area contributed by atoms with Gasteiger partial charge < -0.3 is 15.3 Å². The summed E-state index contributed by atoms with van der Waals surface area (Å²) in [6.45, 7) is 3.47. The Kier molecular flexibility index (Phi) is 4.35. The zero-order chi connectivity index (χ0) is 16.3. The number of hydrogen-bond donors (Lipinski definition) is 2. The van der Waals surface area contributed by atoms with Gasteiger partial charge in [-0.3, -0.25) is 14.5 Å². The van der Waals surface area contributed by atoms with Gasteiger partial charge in [0, 0.05) is 18.8 Å².